The number of carbonyl (C=O) groups excluding carboxylic acids is 3. The van der Waals surface area contributed by atoms with Gasteiger partial charge in [0.1, 0.15) is 0 Å². The summed E-state index contributed by atoms with van der Waals surface area (Å²) in [7, 11) is 0. The number of hydrogen-bond donors (Lipinski definition) is 0. The van der Waals surface area contributed by atoms with E-state index in [9.17, 15) is 14.4 Å². The van der Waals surface area contributed by atoms with Crippen molar-refractivity contribution in [2.24, 2.45) is 4.99 Å². The summed E-state index contributed by atoms with van der Waals surface area (Å²) in [6.45, 7) is 2.49. The molecule has 5 nitrogen and oxygen atoms in total. The van der Waals surface area contributed by atoms with Gasteiger partial charge >= 0.3 is 5.97 Å². The third kappa shape index (κ3) is 4.00. The largest absolute Gasteiger partial charge is 0.453 e. The van der Waals surface area contributed by atoms with Crippen molar-refractivity contribution in [2.45, 2.75) is 20.0 Å². The van der Waals surface area contributed by atoms with Crippen molar-refractivity contribution in [3.05, 3.63) is 0 Å². The van der Waals surface area contributed by atoms with Crippen molar-refractivity contribution in [1.82, 2.24) is 0 Å². The Balaban J connectivity index is 4.02. The number of isocyanates is 1. The molecule has 0 spiro atoms. The van der Waals surface area contributed by atoms with Gasteiger partial charge in [-0.05, 0) is 6.92 Å². The van der Waals surface area contributed by atoms with Gasteiger partial charge in [-0.1, -0.05) is 0 Å². The summed E-state index contributed by atoms with van der Waals surface area (Å²) < 4.78 is 4.40. The fraction of sp³-hybridized carbons (Fsp3) is 0.500. The number of amides is 1. The molecule has 0 aromatic rings. The van der Waals surface area contributed by atoms with E-state index in [1.165, 1.54) is 6.92 Å². The fourth-order valence-corrected chi connectivity index (χ4v) is 0.435. The molecule has 0 saturated heterocycles. The van der Waals surface area contributed by atoms with E-state index in [1.54, 1.807) is 0 Å². The van der Waals surface area contributed by atoms with Gasteiger partial charge in [-0.25, -0.2) is 4.79 Å². The Hall–Kier alpha value is -1.48. The maximum absolute atomic E-state index is 10.6. The molecule has 0 saturated carbocycles. The van der Waals surface area contributed by atoms with Gasteiger partial charge in [0.05, 0.1) is 0 Å². The van der Waals surface area contributed by atoms with Gasteiger partial charge in [-0.15, -0.1) is 4.99 Å². The monoisotopic (exact) mass is 157 g/mol. The van der Waals surface area contributed by atoms with E-state index in [-0.39, 0.29) is 0 Å². The highest BCUT2D eigenvalue weighted by Gasteiger charge is 2.13. The van der Waals surface area contributed by atoms with E-state index < -0.39 is 18.0 Å². The summed E-state index contributed by atoms with van der Waals surface area (Å²) in [6.07, 6.45) is 0.0502. The van der Waals surface area contributed by atoms with Crippen LogP contribution in [-0.2, 0) is 19.1 Å². The maximum atomic E-state index is 10.6. The number of aliphatic imine (C=N–C) groups is 1. The molecule has 0 aliphatic heterocycles. The second-order valence-electron chi connectivity index (χ2n) is 1.79. The van der Waals surface area contributed by atoms with Gasteiger partial charge < -0.3 is 4.74 Å². The van der Waals surface area contributed by atoms with Crippen LogP contribution in [0.25, 0.3) is 0 Å². The molecule has 0 aromatic carbocycles. The molecule has 0 bridgehead atoms. The summed E-state index contributed by atoms with van der Waals surface area (Å²) in [5.74, 6) is -1.40. The van der Waals surface area contributed by atoms with Crippen molar-refractivity contribution in [3.63, 3.8) is 0 Å². The van der Waals surface area contributed by atoms with E-state index in [4.69, 9.17) is 0 Å². The molecule has 11 heavy (non-hydrogen) atoms. The Morgan fingerprint density at radius 3 is 2.45 bits per heavy atom. The molecule has 0 aromatic heterocycles. The van der Waals surface area contributed by atoms with Gasteiger partial charge in [0.15, 0.2) is 6.10 Å². The Morgan fingerprint density at radius 2 is 2.09 bits per heavy atom. The average molecular weight is 157 g/mol. The Kier molecular flexibility index (Phi) is 3.77. The Labute approximate surface area is 63.1 Å². The second-order valence-corrected chi connectivity index (χ2v) is 1.79. The summed E-state index contributed by atoms with van der Waals surface area (Å²) in [6, 6.07) is 0. The fourth-order valence-electron chi connectivity index (χ4n) is 0.435. The molecule has 5 heteroatoms. The first kappa shape index (κ1) is 9.52. The summed E-state index contributed by atoms with van der Waals surface area (Å²) in [5, 5.41) is 0. The average Bonchev–Trinajstić information content (AvgIpc) is 1.86. The zero-order chi connectivity index (χ0) is 8.85. The Morgan fingerprint density at radius 1 is 1.55 bits per heavy atom. The van der Waals surface area contributed by atoms with Crippen LogP contribution < -0.4 is 0 Å². The summed E-state index contributed by atoms with van der Waals surface area (Å²) in [5.41, 5.74) is 0. The first-order valence-corrected chi connectivity index (χ1v) is 2.87. The van der Waals surface area contributed by atoms with Crippen LogP contribution in [0.2, 0.25) is 0 Å². The van der Waals surface area contributed by atoms with E-state index in [2.05, 4.69) is 9.73 Å². The number of ether oxygens (including phenoxy) is 1. The third-order valence-electron chi connectivity index (χ3n) is 0.846. The predicted octanol–water partition coefficient (Wildman–Crippen LogP) is -0.200. The highest BCUT2D eigenvalue weighted by atomic mass is 16.5. The molecule has 1 amide bonds. The molecule has 0 aliphatic rings. The van der Waals surface area contributed by atoms with Gasteiger partial charge in [0.2, 0.25) is 6.08 Å². The van der Waals surface area contributed by atoms with Gasteiger partial charge in [-0.2, -0.15) is 0 Å². The molecule has 1 atom stereocenters. The molecule has 1 unspecified atom stereocenters. The lowest BCUT2D eigenvalue weighted by Gasteiger charge is -2.04. The number of esters is 1. The van der Waals surface area contributed by atoms with E-state index in [0.29, 0.717) is 0 Å². The maximum Gasteiger partial charge on any atom is 0.303 e. The third-order valence-corrected chi connectivity index (χ3v) is 0.846. The highest BCUT2D eigenvalue weighted by molar-refractivity contribution is 5.86. The molecule has 0 N–H and O–H groups in total. The minimum absolute atomic E-state index is 0.591. The zero-order valence-corrected chi connectivity index (χ0v) is 6.16. The van der Waals surface area contributed by atoms with Crippen molar-refractivity contribution in [1.29, 1.82) is 0 Å². The van der Waals surface area contributed by atoms with Crippen molar-refractivity contribution >= 4 is 18.0 Å². The van der Waals surface area contributed by atoms with Crippen LogP contribution in [0.1, 0.15) is 13.8 Å². The smallest absolute Gasteiger partial charge is 0.303 e. The van der Waals surface area contributed by atoms with Crippen LogP contribution in [0.4, 0.5) is 0 Å². The minimum Gasteiger partial charge on any atom is -0.453 e. The Bertz CT molecular complexity index is 217. The quantitative estimate of drug-likeness (QED) is 0.316. The topological polar surface area (TPSA) is 72.8 Å². The van der Waals surface area contributed by atoms with Gasteiger partial charge in [0, 0.05) is 6.92 Å². The van der Waals surface area contributed by atoms with Crippen LogP contribution in [0.5, 0.6) is 0 Å². The number of carbonyl (C=O) groups is 2. The van der Waals surface area contributed by atoms with E-state index >= 15 is 0 Å². The van der Waals surface area contributed by atoms with Crippen LogP contribution >= 0.6 is 0 Å². The molecule has 0 radical (unpaired) electrons. The van der Waals surface area contributed by atoms with E-state index in [1.807, 2.05) is 0 Å². The van der Waals surface area contributed by atoms with Crippen molar-refractivity contribution < 1.29 is 19.1 Å². The minimum atomic E-state index is -1.01. The van der Waals surface area contributed by atoms with Crippen molar-refractivity contribution in [3.8, 4) is 0 Å². The lowest BCUT2D eigenvalue weighted by Crippen LogP contribution is -2.20. The summed E-state index contributed by atoms with van der Waals surface area (Å²) >= 11 is 0. The van der Waals surface area contributed by atoms with Gasteiger partial charge in [-0.3, -0.25) is 9.59 Å². The lowest BCUT2D eigenvalue weighted by atomic mass is 10.4. The van der Waals surface area contributed by atoms with Crippen LogP contribution in [0.3, 0.4) is 0 Å². The van der Waals surface area contributed by atoms with Crippen LogP contribution in [0.15, 0.2) is 4.99 Å². The molecule has 60 valence electrons. The molecular weight excluding hydrogens is 150 g/mol. The molecule has 0 heterocycles. The van der Waals surface area contributed by atoms with Crippen LogP contribution in [-0.4, -0.2) is 24.1 Å². The standard InChI is InChI=1S/C6H7NO4/c1-4(11-5(2)9)6(10)7-3-8/h4H,1-2H3. The van der Waals surface area contributed by atoms with E-state index in [0.717, 1.165) is 13.0 Å². The first-order valence-electron chi connectivity index (χ1n) is 2.87. The number of rotatable bonds is 2. The summed E-state index contributed by atoms with van der Waals surface area (Å²) in [4.78, 5) is 33.1. The molecule has 0 rings (SSSR count). The zero-order valence-electron chi connectivity index (χ0n) is 6.16. The molecular formula is C6H7NO4. The van der Waals surface area contributed by atoms with Crippen molar-refractivity contribution in [2.75, 3.05) is 0 Å². The lowest BCUT2D eigenvalue weighted by molar-refractivity contribution is -0.151. The number of nitrogens with zero attached hydrogens (tertiary/aromatic N) is 1. The van der Waals surface area contributed by atoms with Crippen LogP contribution in [0, 0.1) is 0 Å². The first-order chi connectivity index (χ1) is 5.07. The SMILES string of the molecule is CC(=O)OC(C)C(=O)N=C=O. The molecule has 0 aliphatic carbocycles. The normalized spacial score (nSPS) is 11.1. The highest BCUT2D eigenvalue weighted by Crippen LogP contribution is 1.93. The van der Waals surface area contributed by atoms with Gasteiger partial charge in [0.25, 0.3) is 5.91 Å². The number of hydrogen-bond acceptors (Lipinski definition) is 4. The second kappa shape index (κ2) is 4.35. The molecule has 0 fully saturated rings. The predicted molar refractivity (Wildman–Crippen MR) is 34.4 cm³/mol.